The van der Waals surface area contributed by atoms with Gasteiger partial charge in [-0.15, -0.1) is 0 Å². The average molecular weight is 274 g/mol. The second-order valence-electron chi connectivity index (χ2n) is 5.76. The summed E-state index contributed by atoms with van der Waals surface area (Å²) in [4.78, 5) is 2.39. The van der Waals surface area contributed by atoms with Gasteiger partial charge in [0.15, 0.2) is 0 Å². The molecule has 0 saturated carbocycles. The Bertz CT molecular complexity index is 501. The lowest BCUT2D eigenvalue weighted by molar-refractivity contribution is 0.0600. The van der Waals surface area contributed by atoms with E-state index in [1.54, 1.807) is 0 Å². The zero-order valence-electron chi connectivity index (χ0n) is 12.0. The van der Waals surface area contributed by atoms with E-state index in [1.807, 2.05) is 18.2 Å². The summed E-state index contributed by atoms with van der Waals surface area (Å²) in [5, 5.41) is 12.7. The van der Waals surface area contributed by atoms with E-state index in [9.17, 15) is 5.21 Å². The van der Waals surface area contributed by atoms with Crippen LogP contribution in [0.2, 0.25) is 0 Å². The molecule has 1 aromatic carbocycles. The Hall–Kier alpha value is -1.55. The summed E-state index contributed by atoms with van der Waals surface area (Å²) in [5.41, 5.74) is 3.02. The number of benzene rings is 1. The van der Waals surface area contributed by atoms with Crippen LogP contribution in [0.5, 0.6) is 0 Å². The SMILES string of the molecule is CC1CCC(CN2CCC/C(=N/O)c3ccccc32)O1. The van der Waals surface area contributed by atoms with Crippen LogP contribution in [0.15, 0.2) is 29.4 Å². The predicted octanol–water partition coefficient (Wildman–Crippen LogP) is 3.03. The molecule has 108 valence electrons. The maximum absolute atomic E-state index is 9.21. The normalized spacial score (nSPS) is 28.4. The maximum atomic E-state index is 9.21. The summed E-state index contributed by atoms with van der Waals surface area (Å²) < 4.78 is 5.95. The van der Waals surface area contributed by atoms with Crippen molar-refractivity contribution < 1.29 is 9.94 Å². The second kappa shape index (κ2) is 5.83. The Morgan fingerprint density at radius 2 is 2.20 bits per heavy atom. The largest absolute Gasteiger partial charge is 0.411 e. The van der Waals surface area contributed by atoms with Gasteiger partial charge in [0.05, 0.1) is 17.9 Å². The molecule has 0 amide bonds. The number of rotatable bonds is 2. The summed E-state index contributed by atoms with van der Waals surface area (Å²) in [6.45, 7) is 4.07. The van der Waals surface area contributed by atoms with Crippen LogP contribution in [0.25, 0.3) is 0 Å². The fourth-order valence-corrected chi connectivity index (χ4v) is 3.24. The molecule has 0 aromatic heterocycles. The maximum Gasteiger partial charge on any atom is 0.0889 e. The van der Waals surface area contributed by atoms with Gasteiger partial charge in [-0.1, -0.05) is 23.4 Å². The van der Waals surface area contributed by atoms with E-state index in [4.69, 9.17) is 4.74 Å². The van der Waals surface area contributed by atoms with Crippen molar-refractivity contribution in [2.75, 3.05) is 18.0 Å². The van der Waals surface area contributed by atoms with E-state index in [0.29, 0.717) is 12.2 Å². The van der Waals surface area contributed by atoms with Gasteiger partial charge >= 0.3 is 0 Å². The van der Waals surface area contributed by atoms with E-state index in [-0.39, 0.29) is 0 Å². The van der Waals surface area contributed by atoms with Gasteiger partial charge in [0, 0.05) is 24.3 Å². The van der Waals surface area contributed by atoms with Crippen LogP contribution < -0.4 is 4.90 Å². The third-order valence-electron chi connectivity index (χ3n) is 4.26. The third-order valence-corrected chi connectivity index (χ3v) is 4.26. The van der Waals surface area contributed by atoms with Crippen molar-refractivity contribution in [3.8, 4) is 0 Å². The molecule has 2 heterocycles. The monoisotopic (exact) mass is 274 g/mol. The third kappa shape index (κ3) is 2.66. The Labute approximate surface area is 120 Å². The quantitative estimate of drug-likeness (QED) is 0.666. The van der Waals surface area contributed by atoms with Gasteiger partial charge < -0.3 is 14.8 Å². The van der Waals surface area contributed by atoms with E-state index < -0.39 is 0 Å². The number of para-hydroxylation sites is 1. The first-order valence-electron chi connectivity index (χ1n) is 7.48. The van der Waals surface area contributed by atoms with Gasteiger partial charge in [-0.25, -0.2) is 0 Å². The molecule has 0 radical (unpaired) electrons. The van der Waals surface area contributed by atoms with Gasteiger partial charge in [-0.05, 0) is 38.7 Å². The molecule has 2 aliphatic rings. The van der Waals surface area contributed by atoms with Crippen molar-refractivity contribution in [1.82, 2.24) is 0 Å². The van der Waals surface area contributed by atoms with Crippen LogP contribution in [0.1, 0.15) is 38.2 Å². The zero-order valence-corrected chi connectivity index (χ0v) is 12.0. The van der Waals surface area contributed by atoms with Crippen LogP contribution in [0, 0.1) is 0 Å². The molecule has 1 N–H and O–H groups in total. The molecule has 0 spiro atoms. The molecule has 2 atom stereocenters. The molecule has 0 bridgehead atoms. The standard InChI is InChI=1S/C16H22N2O2/c1-12-8-9-13(20-12)11-18-10-4-6-15(17-19)14-5-2-3-7-16(14)18/h2-3,5,7,12-13,19H,4,6,8-11H2,1H3/b17-15-. The Morgan fingerprint density at radius 3 is 2.95 bits per heavy atom. The van der Waals surface area contributed by atoms with Crippen molar-refractivity contribution in [3.63, 3.8) is 0 Å². The van der Waals surface area contributed by atoms with E-state index >= 15 is 0 Å². The van der Waals surface area contributed by atoms with Crippen LogP contribution in [0.3, 0.4) is 0 Å². The first kappa shape index (κ1) is 13.4. The molecule has 4 nitrogen and oxygen atoms in total. The van der Waals surface area contributed by atoms with Gasteiger partial charge in [-0.2, -0.15) is 0 Å². The summed E-state index contributed by atoms with van der Waals surface area (Å²) in [6.07, 6.45) is 4.84. The van der Waals surface area contributed by atoms with E-state index in [2.05, 4.69) is 23.0 Å². The summed E-state index contributed by atoms with van der Waals surface area (Å²) >= 11 is 0. The number of fused-ring (bicyclic) bond motifs is 1. The van der Waals surface area contributed by atoms with Gasteiger partial charge in [0.25, 0.3) is 0 Å². The molecule has 4 heteroatoms. The lowest BCUT2D eigenvalue weighted by Gasteiger charge is -2.27. The number of nitrogens with zero attached hydrogens (tertiary/aromatic N) is 2. The fraction of sp³-hybridized carbons (Fsp3) is 0.562. The molecular formula is C16H22N2O2. The topological polar surface area (TPSA) is 45.1 Å². The smallest absolute Gasteiger partial charge is 0.0889 e. The van der Waals surface area contributed by atoms with Gasteiger partial charge in [0.2, 0.25) is 0 Å². The van der Waals surface area contributed by atoms with Crippen LogP contribution in [-0.2, 0) is 4.74 Å². The minimum absolute atomic E-state index is 0.325. The number of oxime groups is 1. The van der Waals surface area contributed by atoms with Crippen molar-refractivity contribution in [2.24, 2.45) is 5.16 Å². The highest BCUT2D eigenvalue weighted by Crippen LogP contribution is 2.29. The minimum Gasteiger partial charge on any atom is -0.411 e. The number of anilines is 1. The fourth-order valence-electron chi connectivity index (χ4n) is 3.24. The highest BCUT2D eigenvalue weighted by molar-refractivity contribution is 6.05. The van der Waals surface area contributed by atoms with Crippen molar-refractivity contribution >= 4 is 11.4 Å². The van der Waals surface area contributed by atoms with Crippen LogP contribution >= 0.6 is 0 Å². The molecular weight excluding hydrogens is 252 g/mol. The molecule has 0 aliphatic carbocycles. The molecule has 2 unspecified atom stereocenters. The van der Waals surface area contributed by atoms with Crippen molar-refractivity contribution in [2.45, 2.75) is 44.8 Å². The van der Waals surface area contributed by atoms with E-state index in [1.165, 1.54) is 5.69 Å². The van der Waals surface area contributed by atoms with Crippen molar-refractivity contribution in [3.05, 3.63) is 29.8 Å². The number of hydrogen-bond acceptors (Lipinski definition) is 4. The average Bonchev–Trinajstić information content (AvgIpc) is 2.79. The van der Waals surface area contributed by atoms with Gasteiger partial charge in [-0.3, -0.25) is 0 Å². The van der Waals surface area contributed by atoms with E-state index in [0.717, 1.165) is 50.0 Å². The first-order chi connectivity index (χ1) is 9.78. The lowest BCUT2D eigenvalue weighted by atomic mass is 10.1. The molecule has 20 heavy (non-hydrogen) atoms. The zero-order chi connectivity index (χ0) is 13.9. The van der Waals surface area contributed by atoms with Crippen molar-refractivity contribution in [1.29, 1.82) is 0 Å². The minimum atomic E-state index is 0.325. The molecule has 3 rings (SSSR count). The highest BCUT2D eigenvalue weighted by Gasteiger charge is 2.26. The van der Waals surface area contributed by atoms with Crippen LogP contribution in [-0.4, -0.2) is 36.2 Å². The highest BCUT2D eigenvalue weighted by atomic mass is 16.5. The Morgan fingerprint density at radius 1 is 1.35 bits per heavy atom. The van der Waals surface area contributed by atoms with Crippen LogP contribution in [0.4, 0.5) is 5.69 Å². The number of hydrogen-bond donors (Lipinski definition) is 1. The summed E-state index contributed by atoms with van der Waals surface area (Å²) in [7, 11) is 0. The molecule has 2 aliphatic heterocycles. The molecule has 1 saturated heterocycles. The molecule has 1 fully saturated rings. The number of ether oxygens (including phenoxy) is 1. The molecule has 1 aromatic rings. The second-order valence-corrected chi connectivity index (χ2v) is 5.76. The lowest BCUT2D eigenvalue weighted by Crippen LogP contribution is -2.33. The summed E-state index contributed by atoms with van der Waals surface area (Å²) in [5.74, 6) is 0. The first-order valence-corrected chi connectivity index (χ1v) is 7.48. The Kier molecular flexibility index (Phi) is 3.92. The predicted molar refractivity (Wildman–Crippen MR) is 79.8 cm³/mol. The Balaban J connectivity index is 1.84. The van der Waals surface area contributed by atoms with Gasteiger partial charge in [0.1, 0.15) is 0 Å². The summed E-state index contributed by atoms with van der Waals surface area (Å²) in [6, 6.07) is 8.21.